The first-order valence-corrected chi connectivity index (χ1v) is 5.98. The average Bonchev–Trinajstić information content (AvgIpc) is 2.37. The average molecular weight is 243 g/mol. The van der Waals surface area contributed by atoms with Crippen LogP contribution in [0.2, 0.25) is 0 Å². The van der Waals surface area contributed by atoms with Crippen molar-refractivity contribution in [2.75, 3.05) is 10.6 Å². The molecule has 0 radical (unpaired) electrons. The second kappa shape index (κ2) is 5.95. The number of aromatic nitrogens is 3. The third-order valence-corrected chi connectivity index (χ3v) is 2.29. The highest BCUT2D eigenvalue weighted by Gasteiger charge is 2.01. The Morgan fingerprint density at radius 3 is 2.67 bits per heavy atom. The molecule has 18 heavy (non-hydrogen) atoms. The first-order valence-electron chi connectivity index (χ1n) is 5.98. The van der Waals surface area contributed by atoms with Gasteiger partial charge in [-0.25, -0.2) is 0 Å². The topological polar surface area (TPSA) is 62.7 Å². The van der Waals surface area contributed by atoms with E-state index in [0.29, 0.717) is 18.5 Å². The lowest BCUT2D eigenvalue weighted by Gasteiger charge is -2.09. The summed E-state index contributed by atoms with van der Waals surface area (Å²) in [5, 5.41) is 14.2. The normalized spacial score (nSPS) is 10.4. The van der Waals surface area contributed by atoms with Gasteiger partial charge in [0.05, 0.1) is 6.20 Å². The van der Waals surface area contributed by atoms with Crippen LogP contribution in [0.4, 0.5) is 11.8 Å². The Hall–Kier alpha value is -2.17. The van der Waals surface area contributed by atoms with Crippen molar-refractivity contribution < 1.29 is 0 Å². The van der Waals surface area contributed by atoms with Crippen molar-refractivity contribution in [2.24, 2.45) is 0 Å². The number of anilines is 2. The number of benzene rings is 1. The van der Waals surface area contributed by atoms with Crippen LogP contribution in [0.3, 0.4) is 0 Å². The molecule has 1 heterocycles. The molecule has 2 rings (SSSR count). The molecule has 1 aromatic heterocycles. The highest BCUT2D eigenvalue weighted by molar-refractivity contribution is 5.38. The van der Waals surface area contributed by atoms with Gasteiger partial charge in [-0.3, -0.25) is 0 Å². The minimum Gasteiger partial charge on any atom is -0.366 e. The molecule has 2 N–H and O–H groups in total. The molecule has 0 atom stereocenters. The van der Waals surface area contributed by atoms with E-state index >= 15 is 0 Å². The number of hydrogen-bond donors (Lipinski definition) is 2. The van der Waals surface area contributed by atoms with Crippen molar-refractivity contribution >= 4 is 11.8 Å². The maximum Gasteiger partial charge on any atom is 0.244 e. The Kier molecular flexibility index (Phi) is 4.06. The first-order chi connectivity index (χ1) is 8.74. The van der Waals surface area contributed by atoms with Crippen LogP contribution in [-0.4, -0.2) is 21.2 Å². The summed E-state index contributed by atoms with van der Waals surface area (Å²) in [7, 11) is 0. The zero-order valence-electron chi connectivity index (χ0n) is 10.6. The van der Waals surface area contributed by atoms with E-state index < -0.39 is 0 Å². The summed E-state index contributed by atoms with van der Waals surface area (Å²) in [6.07, 6.45) is 1.62. The van der Waals surface area contributed by atoms with Gasteiger partial charge in [0.25, 0.3) is 0 Å². The summed E-state index contributed by atoms with van der Waals surface area (Å²) in [6, 6.07) is 10.4. The Morgan fingerprint density at radius 2 is 1.94 bits per heavy atom. The fraction of sp³-hybridized carbons (Fsp3) is 0.308. The van der Waals surface area contributed by atoms with Crippen LogP contribution in [0, 0.1) is 0 Å². The van der Waals surface area contributed by atoms with Crippen LogP contribution in [0.25, 0.3) is 0 Å². The van der Waals surface area contributed by atoms with Gasteiger partial charge < -0.3 is 10.6 Å². The van der Waals surface area contributed by atoms with Gasteiger partial charge in [0.2, 0.25) is 5.95 Å². The molecule has 94 valence electrons. The molecule has 0 aliphatic carbocycles. The smallest absolute Gasteiger partial charge is 0.244 e. The van der Waals surface area contributed by atoms with Gasteiger partial charge in [-0.05, 0) is 19.4 Å². The predicted molar refractivity (Wildman–Crippen MR) is 72.4 cm³/mol. The molecule has 0 aliphatic rings. The molecule has 0 fully saturated rings. The third-order valence-electron chi connectivity index (χ3n) is 2.29. The molecule has 0 amide bonds. The summed E-state index contributed by atoms with van der Waals surface area (Å²) in [5.41, 5.74) is 1.18. The molecule has 1 aromatic carbocycles. The summed E-state index contributed by atoms with van der Waals surface area (Å²) in [6.45, 7) is 4.80. The van der Waals surface area contributed by atoms with E-state index in [1.165, 1.54) is 5.56 Å². The van der Waals surface area contributed by atoms with Gasteiger partial charge in [0, 0.05) is 12.6 Å². The predicted octanol–water partition coefficient (Wildman–Crippen LogP) is 2.30. The number of hydrogen-bond acceptors (Lipinski definition) is 5. The molecule has 0 spiro atoms. The van der Waals surface area contributed by atoms with Crippen LogP contribution in [0.5, 0.6) is 0 Å². The van der Waals surface area contributed by atoms with Crippen molar-refractivity contribution in [1.82, 2.24) is 15.2 Å². The van der Waals surface area contributed by atoms with E-state index in [2.05, 4.69) is 51.8 Å². The first kappa shape index (κ1) is 12.3. The molecule has 5 heteroatoms. The zero-order valence-corrected chi connectivity index (χ0v) is 10.6. The van der Waals surface area contributed by atoms with Crippen LogP contribution in [0.1, 0.15) is 19.4 Å². The van der Waals surface area contributed by atoms with E-state index in [0.717, 1.165) is 5.82 Å². The second-order valence-corrected chi connectivity index (χ2v) is 4.30. The van der Waals surface area contributed by atoms with Crippen LogP contribution in [-0.2, 0) is 6.54 Å². The fourth-order valence-electron chi connectivity index (χ4n) is 1.52. The Morgan fingerprint density at radius 1 is 1.17 bits per heavy atom. The van der Waals surface area contributed by atoms with Gasteiger partial charge in [-0.2, -0.15) is 10.1 Å². The van der Waals surface area contributed by atoms with Crippen LogP contribution >= 0.6 is 0 Å². The van der Waals surface area contributed by atoms with Crippen molar-refractivity contribution in [1.29, 1.82) is 0 Å². The van der Waals surface area contributed by atoms with Gasteiger partial charge in [0.1, 0.15) is 0 Å². The third kappa shape index (κ3) is 3.69. The molecular weight excluding hydrogens is 226 g/mol. The van der Waals surface area contributed by atoms with Crippen LogP contribution < -0.4 is 10.6 Å². The summed E-state index contributed by atoms with van der Waals surface area (Å²) in [4.78, 5) is 4.33. The second-order valence-electron chi connectivity index (χ2n) is 4.30. The van der Waals surface area contributed by atoms with Crippen molar-refractivity contribution in [3.8, 4) is 0 Å². The Balaban J connectivity index is 1.97. The minimum atomic E-state index is 0.323. The minimum absolute atomic E-state index is 0.323. The molecule has 0 saturated carbocycles. The van der Waals surface area contributed by atoms with E-state index in [4.69, 9.17) is 0 Å². The molecule has 0 bridgehead atoms. The van der Waals surface area contributed by atoms with Crippen LogP contribution in [0.15, 0.2) is 36.5 Å². The highest BCUT2D eigenvalue weighted by Crippen LogP contribution is 2.07. The van der Waals surface area contributed by atoms with Crippen molar-refractivity contribution in [2.45, 2.75) is 26.4 Å². The molecule has 0 aliphatic heterocycles. The van der Waals surface area contributed by atoms with Gasteiger partial charge in [-0.1, -0.05) is 30.3 Å². The lowest BCUT2D eigenvalue weighted by molar-refractivity contribution is 0.868. The quantitative estimate of drug-likeness (QED) is 0.843. The number of nitrogens with one attached hydrogen (secondary N) is 2. The van der Waals surface area contributed by atoms with Crippen molar-refractivity contribution in [3.63, 3.8) is 0 Å². The van der Waals surface area contributed by atoms with Gasteiger partial charge in [0.15, 0.2) is 5.82 Å². The van der Waals surface area contributed by atoms with E-state index in [-0.39, 0.29) is 0 Å². The summed E-state index contributed by atoms with van der Waals surface area (Å²) >= 11 is 0. The largest absolute Gasteiger partial charge is 0.366 e. The summed E-state index contributed by atoms with van der Waals surface area (Å²) in [5.74, 6) is 1.26. The Labute approximate surface area is 107 Å². The molecule has 5 nitrogen and oxygen atoms in total. The maximum absolute atomic E-state index is 4.33. The van der Waals surface area contributed by atoms with Gasteiger partial charge in [-0.15, -0.1) is 5.10 Å². The maximum atomic E-state index is 4.33. The lowest BCUT2D eigenvalue weighted by atomic mass is 10.2. The Bertz CT molecular complexity index is 484. The molecule has 0 saturated heterocycles. The summed E-state index contributed by atoms with van der Waals surface area (Å²) < 4.78 is 0. The number of nitrogens with zero attached hydrogens (tertiary/aromatic N) is 3. The highest BCUT2D eigenvalue weighted by atomic mass is 15.3. The van der Waals surface area contributed by atoms with E-state index in [1.807, 2.05) is 18.2 Å². The standard InChI is InChI=1S/C13H17N5/c1-10(2)16-12-9-15-18-13(17-12)14-8-11-6-4-3-5-7-11/h3-7,9-10H,8H2,1-2H3,(H2,14,16,17,18). The van der Waals surface area contributed by atoms with Gasteiger partial charge >= 0.3 is 0 Å². The van der Waals surface area contributed by atoms with Crippen molar-refractivity contribution in [3.05, 3.63) is 42.1 Å². The SMILES string of the molecule is CC(C)Nc1cnnc(NCc2ccccc2)n1. The lowest BCUT2D eigenvalue weighted by Crippen LogP contribution is -2.13. The molecular formula is C13H17N5. The molecule has 2 aromatic rings. The van der Waals surface area contributed by atoms with E-state index in [9.17, 15) is 0 Å². The zero-order chi connectivity index (χ0) is 12.8. The fourth-order valence-corrected chi connectivity index (χ4v) is 1.52. The monoisotopic (exact) mass is 243 g/mol. The molecule has 0 unspecified atom stereocenters. The van der Waals surface area contributed by atoms with E-state index in [1.54, 1.807) is 6.20 Å². The number of rotatable bonds is 5.